The van der Waals surface area contributed by atoms with Gasteiger partial charge in [-0.15, -0.1) is 0 Å². The van der Waals surface area contributed by atoms with Crippen molar-refractivity contribution in [1.82, 2.24) is 0 Å². The van der Waals surface area contributed by atoms with Gasteiger partial charge in [-0.05, 0) is 12.8 Å². The Morgan fingerprint density at radius 2 is 0.789 bits per heavy atom. The third-order valence-corrected chi connectivity index (χ3v) is 1.61. The number of hydrogen-bond acceptors (Lipinski definition) is 3. The fraction of sp³-hybridized carbons (Fsp3) is 0.625. The number of benzene rings is 1. The van der Waals surface area contributed by atoms with Crippen molar-refractivity contribution >= 4 is 0 Å². The van der Waals surface area contributed by atoms with E-state index in [-0.39, 0.29) is 0 Å². The molecule has 3 nitrogen and oxygen atoms in total. The van der Waals surface area contributed by atoms with Gasteiger partial charge in [-0.1, -0.05) is 50.2 Å². The maximum absolute atomic E-state index is 4.83. The van der Waals surface area contributed by atoms with Crippen LogP contribution in [-0.2, 0) is 14.2 Å². The highest BCUT2D eigenvalue weighted by Crippen LogP contribution is 1.87. The second kappa shape index (κ2) is 30.3. The van der Waals surface area contributed by atoms with Crippen LogP contribution in [0.1, 0.15) is 26.7 Å². The highest BCUT2D eigenvalue weighted by Gasteiger charge is 1.83. The summed E-state index contributed by atoms with van der Waals surface area (Å²) < 4.78 is 13.9. The minimum atomic E-state index is 0.851. The van der Waals surface area contributed by atoms with E-state index in [2.05, 4.69) is 4.74 Å². The average molecular weight is 272 g/mol. The van der Waals surface area contributed by atoms with E-state index in [1.54, 1.807) is 28.4 Å². The molecular weight excluding hydrogens is 240 g/mol. The van der Waals surface area contributed by atoms with Crippen molar-refractivity contribution < 1.29 is 14.2 Å². The largest absolute Gasteiger partial charge is 0.388 e. The molecule has 0 unspecified atom stereocenters. The standard InChI is InChI=1S/C6H14O2.C6H6.C2H6O.C2H6/c1-7-5-3-4-6-8-2;1-2-4-6-5-3-1;1-3-2;1-2/h3-6H2,1-2H3;1-6H;1-2H3;1-2H3. The average Bonchev–Trinajstić information content (AvgIpc) is 2.49. The van der Waals surface area contributed by atoms with Gasteiger partial charge in [0, 0.05) is 41.7 Å². The Hall–Kier alpha value is -0.900. The summed E-state index contributed by atoms with van der Waals surface area (Å²) in [6, 6.07) is 12.0. The van der Waals surface area contributed by atoms with Crippen molar-refractivity contribution in [2.45, 2.75) is 26.7 Å². The Bertz CT molecular complexity index is 158. The monoisotopic (exact) mass is 272 g/mol. The lowest BCUT2D eigenvalue weighted by Crippen LogP contribution is -1.92. The van der Waals surface area contributed by atoms with E-state index in [0.717, 1.165) is 26.1 Å². The lowest BCUT2D eigenvalue weighted by Gasteiger charge is -1.96. The van der Waals surface area contributed by atoms with E-state index in [9.17, 15) is 0 Å². The van der Waals surface area contributed by atoms with Crippen molar-refractivity contribution in [1.29, 1.82) is 0 Å². The third-order valence-electron chi connectivity index (χ3n) is 1.61. The summed E-state index contributed by atoms with van der Waals surface area (Å²) in [7, 11) is 6.68. The van der Waals surface area contributed by atoms with Gasteiger partial charge in [0.25, 0.3) is 0 Å². The molecule has 0 radical (unpaired) electrons. The molecule has 0 aliphatic carbocycles. The van der Waals surface area contributed by atoms with Crippen molar-refractivity contribution in [3.05, 3.63) is 36.4 Å². The van der Waals surface area contributed by atoms with Crippen molar-refractivity contribution in [2.75, 3.05) is 41.7 Å². The molecule has 1 aromatic carbocycles. The molecule has 0 aliphatic heterocycles. The summed E-state index contributed by atoms with van der Waals surface area (Å²) >= 11 is 0. The summed E-state index contributed by atoms with van der Waals surface area (Å²) in [5.41, 5.74) is 0. The van der Waals surface area contributed by atoms with Crippen LogP contribution >= 0.6 is 0 Å². The Balaban J connectivity index is -0.000000205. The molecule has 3 heteroatoms. The lowest BCUT2D eigenvalue weighted by molar-refractivity contribution is 0.159. The second-order valence-corrected chi connectivity index (χ2v) is 3.26. The zero-order valence-corrected chi connectivity index (χ0v) is 13.5. The smallest absolute Gasteiger partial charge is 0.0463 e. The summed E-state index contributed by atoms with van der Waals surface area (Å²) in [6.07, 6.45) is 2.20. The minimum absolute atomic E-state index is 0.851. The van der Waals surface area contributed by atoms with Crippen molar-refractivity contribution in [3.8, 4) is 0 Å². The Kier molecular flexibility index (Phi) is 37.0. The number of rotatable bonds is 5. The van der Waals surface area contributed by atoms with Crippen LogP contribution in [0.4, 0.5) is 0 Å². The molecule has 0 heterocycles. The molecule has 114 valence electrons. The van der Waals surface area contributed by atoms with Gasteiger partial charge in [0.2, 0.25) is 0 Å². The first-order chi connectivity index (χ1) is 9.33. The van der Waals surface area contributed by atoms with E-state index < -0.39 is 0 Å². The van der Waals surface area contributed by atoms with Crippen LogP contribution in [0.25, 0.3) is 0 Å². The predicted molar refractivity (Wildman–Crippen MR) is 83.7 cm³/mol. The maximum Gasteiger partial charge on any atom is 0.0463 e. The van der Waals surface area contributed by atoms with E-state index in [4.69, 9.17) is 9.47 Å². The van der Waals surface area contributed by atoms with Crippen LogP contribution in [-0.4, -0.2) is 41.7 Å². The SMILES string of the molecule is CC.COC.COCCCCOC.c1ccccc1. The topological polar surface area (TPSA) is 27.7 Å². The third kappa shape index (κ3) is 38.2. The number of unbranched alkanes of at least 4 members (excludes halogenated alkanes) is 1. The summed E-state index contributed by atoms with van der Waals surface area (Å²) in [6.45, 7) is 5.70. The molecule has 0 aliphatic rings. The van der Waals surface area contributed by atoms with Crippen molar-refractivity contribution in [3.63, 3.8) is 0 Å². The summed E-state index contributed by atoms with van der Waals surface area (Å²) in [5, 5.41) is 0. The molecule has 19 heavy (non-hydrogen) atoms. The predicted octanol–water partition coefficient (Wildman–Crippen LogP) is 4.03. The summed E-state index contributed by atoms with van der Waals surface area (Å²) in [5.74, 6) is 0. The Morgan fingerprint density at radius 3 is 0.947 bits per heavy atom. The zero-order valence-electron chi connectivity index (χ0n) is 13.5. The first kappa shape index (κ1) is 23.2. The molecule has 0 amide bonds. The molecule has 0 saturated carbocycles. The fourth-order valence-corrected chi connectivity index (χ4v) is 0.878. The Morgan fingerprint density at radius 1 is 0.579 bits per heavy atom. The van der Waals surface area contributed by atoms with Crippen LogP contribution in [0.5, 0.6) is 0 Å². The highest BCUT2D eigenvalue weighted by atomic mass is 16.5. The fourth-order valence-electron chi connectivity index (χ4n) is 0.878. The number of hydrogen-bond donors (Lipinski definition) is 0. The quantitative estimate of drug-likeness (QED) is 0.757. The molecule has 0 aromatic heterocycles. The molecule has 0 spiro atoms. The van der Waals surface area contributed by atoms with Gasteiger partial charge < -0.3 is 14.2 Å². The first-order valence-corrected chi connectivity index (χ1v) is 6.71. The van der Waals surface area contributed by atoms with E-state index >= 15 is 0 Å². The Labute approximate surface area is 119 Å². The second-order valence-electron chi connectivity index (χ2n) is 3.26. The molecule has 0 bridgehead atoms. The first-order valence-electron chi connectivity index (χ1n) is 6.71. The van der Waals surface area contributed by atoms with Gasteiger partial charge in [0.15, 0.2) is 0 Å². The van der Waals surface area contributed by atoms with Gasteiger partial charge in [-0.25, -0.2) is 0 Å². The number of ether oxygens (including phenoxy) is 3. The molecule has 0 fully saturated rings. The van der Waals surface area contributed by atoms with Crippen LogP contribution in [0.2, 0.25) is 0 Å². The zero-order chi connectivity index (χ0) is 15.2. The van der Waals surface area contributed by atoms with Gasteiger partial charge in [-0.2, -0.15) is 0 Å². The van der Waals surface area contributed by atoms with Gasteiger partial charge >= 0.3 is 0 Å². The van der Waals surface area contributed by atoms with Gasteiger partial charge in [0.05, 0.1) is 0 Å². The summed E-state index contributed by atoms with van der Waals surface area (Å²) in [4.78, 5) is 0. The van der Waals surface area contributed by atoms with E-state index in [1.165, 1.54) is 0 Å². The van der Waals surface area contributed by atoms with Crippen molar-refractivity contribution in [2.24, 2.45) is 0 Å². The molecule has 1 aromatic rings. The van der Waals surface area contributed by atoms with Gasteiger partial charge in [0.1, 0.15) is 0 Å². The normalized spacial score (nSPS) is 7.89. The molecule has 0 atom stereocenters. The van der Waals surface area contributed by atoms with E-state index in [0.29, 0.717) is 0 Å². The van der Waals surface area contributed by atoms with Crippen LogP contribution in [0.15, 0.2) is 36.4 Å². The van der Waals surface area contributed by atoms with Gasteiger partial charge in [-0.3, -0.25) is 0 Å². The molecule has 0 N–H and O–H groups in total. The number of methoxy groups -OCH3 is 3. The molecule has 0 saturated heterocycles. The van der Waals surface area contributed by atoms with Crippen LogP contribution in [0, 0.1) is 0 Å². The molecular formula is C16H32O3. The highest BCUT2D eigenvalue weighted by molar-refractivity contribution is 4.99. The lowest BCUT2D eigenvalue weighted by atomic mass is 10.3. The van der Waals surface area contributed by atoms with E-state index in [1.807, 2.05) is 50.2 Å². The maximum atomic E-state index is 4.83. The van der Waals surface area contributed by atoms with Crippen LogP contribution in [0.3, 0.4) is 0 Å². The molecule has 1 rings (SSSR count). The minimum Gasteiger partial charge on any atom is -0.388 e. The van der Waals surface area contributed by atoms with Crippen LogP contribution < -0.4 is 0 Å².